The van der Waals surface area contributed by atoms with Gasteiger partial charge in [0.2, 0.25) is 5.91 Å². The zero-order chi connectivity index (χ0) is 14.0. The average Bonchev–Trinajstić information content (AvgIpc) is 2.74. The van der Waals surface area contributed by atoms with Crippen molar-refractivity contribution < 1.29 is 13.2 Å². The molecule has 0 aromatic rings. The molecule has 1 amide bonds. The quantitative estimate of drug-likeness (QED) is 0.810. The van der Waals surface area contributed by atoms with Crippen LogP contribution in [0.15, 0.2) is 0 Å². The first-order valence-corrected chi connectivity index (χ1v) is 8.41. The van der Waals surface area contributed by atoms with E-state index in [1.165, 1.54) is 4.31 Å². The van der Waals surface area contributed by atoms with Crippen molar-refractivity contribution in [1.29, 1.82) is 0 Å². The molecule has 0 aromatic heterocycles. The highest BCUT2D eigenvalue weighted by molar-refractivity contribution is 7.87. The van der Waals surface area contributed by atoms with Gasteiger partial charge in [-0.25, -0.2) is 0 Å². The average molecular weight is 289 g/mol. The Kier molecular flexibility index (Phi) is 4.47. The van der Waals surface area contributed by atoms with Gasteiger partial charge in [-0.3, -0.25) is 4.79 Å². The molecule has 2 fully saturated rings. The predicted molar refractivity (Wildman–Crippen MR) is 72.7 cm³/mol. The van der Waals surface area contributed by atoms with Crippen molar-refractivity contribution in [2.24, 2.45) is 0 Å². The summed E-state index contributed by atoms with van der Waals surface area (Å²) in [6.45, 7) is 5.45. The van der Waals surface area contributed by atoms with Gasteiger partial charge < -0.3 is 4.90 Å². The maximum absolute atomic E-state index is 12.0. The van der Waals surface area contributed by atoms with E-state index >= 15 is 0 Å². The number of hydrogen-bond donors (Lipinski definition) is 1. The second-order valence-corrected chi connectivity index (χ2v) is 7.30. The molecule has 0 bridgehead atoms. The first-order valence-electron chi connectivity index (χ1n) is 6.97. The SMILES string of the molecule is CC(C)NS(=O)(=O)N1CCC(N2CCCC2=O)CC1. The Balaban J connectivity index is 1.90. The van der Waals surface area contributed by atoms with Crippen LogP contribution < -0.4 is 4.72 Å². The molecule has 2 rings (SSSR count). The summed E-state index contributed by atoms with van der Waals surface area (Å²) in [6.07, 6.45) is 3.06. The first kappa shape index (κ1) is 14.7. The van der Waals surface area contributed by atoms with E-state index in [9.17, 15) is 13.2 Å². The van der Waals surface area contributed by atoms with Crippen molar-refractivity contribution in [3.8, 4) is 0 Å². The van der Waals surface area contributed by atoms with E-state index in [2.05, 4.69) is 4.72 Å². The van der Waals surface area contributed by atoms with Crippen LogP contribution in [0.5, 0.6) is 0 Å². The lowest BCUT2D eigenvalue weighted by atomic mass is 10.1. The van der Waals surface area contributed by atoms with Gasteiger partial charge in [0.15, 0.2) is 0 Å². The molecule has 0 radical (unpaired) electrons. The third kappa shape index (κ3) is 3.46. The van der Waals surface area contributed by atoms with Crippen LogP contribution in [0.25, 0.3) is 0 Å². The van der Waals surface area contributed by atoms with Gasteiger partial charge in [-0.15, -0.1) is 0 Å². The largest absolute Gasteiger partial charge is 0.340 e. The van der Waals surface area contributed by atoms with E-state index in [1.54, 1.807) is 0 Å². The normalized spacial score (nSPS) is 23.5. The molecule has 6 nitrogen and oxygen atoms in total. The number of carbonyl (C=O) groups is 1. The van der Waals surface area contributed by atoms with Gasteiger partial charge in [0.1, 0.15) is 0 Å². The Labute approximate surface area is 115 Å². The monoisotopic (exact) mass is 289 g/mol. The highest BCUT2D eigenvalue weighted by Gasteiger charge is 2.34. The zero-order valence-electron chi connectivity index (χ0n) is 11.6. The van der Waals surface area contributed by atoms with Gasteiger partial charge in [0, 0.05) is 38.1 Å². The number of rotatable bonds is 4. The van der Waals surface area contributed by atoms with Gasteiger partial charge in [0.25, 0.3) is 10.2 Å². The van der Waals surface area contributed by atoms with Gasteiger partial charge >= 0.3 is 0 Å². The van der Waals surface area contributed by atoms with E-state index < -0.39 is 10.2 Å². The van der Waals surface area contributed by atoms with E-state index in [0.29, 0.717) is 19.5 Å². The van der Waals surface area contributed by atoms with Gasteiger partial charge in [-0.2, -0.15) is 17.4 Å². The molecule has 2 aliphatic rings. The zero-order valence-corrected chi connectivity index (χ0v) is 12.4. The highest BCUT2D eigenvalue weighted by atomic mass is 32.2. The topological polar surface area (TPSA) is 69.7 Å². The molecule has 0 unspecified atom stereocenters. The fourth-order valence-corrected chi connectivity index (χ4v) is 4.26. The van der Waals surface area contributed by atoms with Crippen molar-refractivity contribution in [1.82, 2.24) is 13.9 Å². The van der Waals surface area contributed by atoms with Gasteiger partial charge in [-0.05, 0) is 33.1 Å². The van der Waals surface area contributed by atoms with Crippen LogP contribution in [0.1, 0.15) is 39.5 Å². The van der Waals surface area contributed by atoms with Crippen LogP contribution in [0.2, 0.25) is 0 Å². The maximum Gasteiger partial charge on any atom is 0.279 e. The van der Waals surface area contributed by atoms with E-state index in [0.717, 1.165) is 25.8 Å². The Morgan fingerprint density at radius 3 is 2.32 bits per heavy atom. The molecule has 2 aliphatic heterocycles. The minimum absolute atomic E-state index is 0.0946. The van der Waals surface area contributed by atoms with Crippen molar-refractivity contribution in [2.45, 2.75) is 51.6 Å². The summed E-state index contributed by atoms with van der Waals surface area (Å²) in [7, 11) is -3.36. The molecule has 2 heterocycles. The lowest BCUT2D eigenvalue weighted by Gasteiger charge is -2.36. The fourth-order valence-electron chi connectivity index (χ4n) is 2.82. The van der Waals surface area contributed by atoms with Crippen LogP contribution in [-0.2, 0) is 15.0 Å². The molecule has 0 atom stereocenters. The first-order chi connectivity index (χ1) is 8.90. The van der Waals surface area contributed by atoms with Crippen LogP contribution >= 0.6 is 0 Å². The summed E-state index contributed by atoms with van der Waals surface area (Å²) in [5.41, 5.74) is 0. The third-order valence-corrected chi connectivity index (χ3v) is 5.51. The number of likely N-dealkylation sites (tertiary alicyclic amines) is 1. The van der Waals surface area contributed by atoms with Crippen molar-refractivity contribution in [3.63, 3.8) is 0 Å². The maximum atomic E-state index is 12.0. The molecule has 0 spiro atoms. The number of amides is 1. The molecule has 0 saturated carbocycles. The summed E-state index contributed by atoms with van der Waals surface area (Å²) < 4.78 is 28.1. The van der Waals surface area contributed by atoms with Crippen LogP contribution in [0.3, 0.4) is 0 Å². The predicted octanol–water partition coefficient (Wildman–Crippen LogP) is 0.316. The summed E-state index contributed by atoms with van der Waals surface area (Å²) in [5, 5.41) is 0. The molecule has 0 aliphatic carbocycles. The van der Waals surface area contributed by atoms with Crippen molar-refractivity contribution in [2.75, 3.05) is 19.6 Å². The summed E-state index contributed by atoms with van der Waals surface area (Å²) in [5.74, 6) is 0.224. The lowest BCUT2D eigenvalue weighted by Crippen LogP contribution is -2.51. The number of nitrogens with one attached hydrogen (secondary N) is 1. The molecule has 19 heavy (non-hydrogen) atoms. The summed E-state index contributed by atoms with van der Waals surface area (Å²) >= 11 is 0. The highest BCUT2D eigenvalue weighted by Crippen LogP contribution is 2.23. The second kappa shape index (κ2) is 5.76. The second-order valence-electron chi connectivity index (χ2n) is 5.60. The summed E-state index contributed by atoms with van der Waals surface area (Å²) in [4.78, 5) is 13.6. The van der Waals surface area contributed by atoms with Crippen LogP contribution in [0.4, 0.5) is 0 Å². The number of piperidine rings is 1. The minimum Gasteiger partial charge on any atom is -0.340 e. The number of nitrogens with zero attached hydrogens (tertiary/aromatic N) is 2. The molecule has 110 valence electrons. The fraction of sp³-hybridized carbons (Fsp3) is 0.917. The Bertz CT molecular complexity index is 428. The standard InChI is InChI=1S/C12H23N3O3S/c1-10(2)13-19(17,18)14-8-5-11(6-9-14)15-7-3-4-12(15)16/h10-11,13H,3-9H2,1-2H3. The van der Waals surface area contributed by atoms with Crippen molar-refractivity contribution >= 4 is 16.1 Å². The van der Waals surface area contributed by atoms with E-state index in [-0.39, 0.29) is 18.0 Å². The van der Waals surface area contributed by atoms with Crippen LogP contribution in [-0.4, -0.2) is 55.2 Å². The van der Waals surface area contributed by atoms with E-state index in [4.69, 9.17) is 0 Å². The number of carbonyl (C=O) groups excluding carboxylic acids is 1. The van der Waals surface area contributed by atoms with Crippen molar-refractivity contribution in [3.05, 3.63) is 0 Å². The third-order valence-electron chi connectivity index (χ3n) is 3.70. The molecular weight excluding hydrogens is 266 g/mol. The molecule has 0 aromatic carbocycles. The van der Waals surface area contributed by atoms with Gasteiger partial charge in [-0.1, -0.05) is 0 Å². The Hall–Kier alpha value is -0.660. The van der Waals surface area contributed by atoms with E-state index in [1.807, 2.05) is 18.7 Å². The van der Waals surface area contributed by atoms with Crippen LogP contribution in [0, 0.1) is 0 Å². The summed E-state index contributed by atoms with van der Waals surface area (Å²) in [6, 6.07) is 0.128. The smallest absolute Gasteiger partial charge is 0.279 e. The Morgan fingerprint density at radius 2 is 1.84 bits per heavy atom. The molecular formula is C12H23N3O3S. The van der Waals surface area contributed by atoms with Gasteiger partial charge in [0.05, 0.1) is 0 Å². The molecule has 2 saturated heterocycles. The Morgan fingerprint density at radius 1 is 1.21 bits per heavy atom. The molecule has 1 N–H and O–H groups in total. The minimum atomic E-state index is -3.36. The lowest BCUT2D eigenvalue weighted by molar-refractivity contribution is -0.130. The number of hydrogen-bond acceptors (Lipinski definition) is 3. The molecule has 7 heteroatoms.